The van der Waals surface area contributed by atoms with Crippen molar-refractivity contribution >= 4 is 11.7 Å². The molecule has 0 unspecified atom stereocenters. The molecule has 0 saturated heterocycles. The largest absolute Gasteiger partial charge is 0.495 e. The van der Waals surface area contributed by atoms with E-state index in [4.69, 9.17) is 19.5 Å². The molecular weight excluding hydrogens is 260 g/mol. The summed E-state index contributed by atoms with van der Waals surface area (Å²) in [4.78, 5) is 11.0. The highest BCUT2D eigenvalue weighted by Gasteiger charge is 2.04. The van der Waals surface area contributed by atoms with Crippen molar-refractivity contribution in [1.29, 1.82) is 5.26 Å². The summed E-state index contributed by atoms with van der Waals surface area (Å²) in [5.41, 5.74) is 1.30. The number of esters is 1. The van der Waals surface area contributed by atoms with Crippen LogP contribution in [0.15, 0.2) is 18.2 Å². The fourth-order valence-electron chi connectivity index (χ4n) is 1.52. The number of carbonyl (C=O) groups excluding carboxylic acids is 1. The molecule has 0 aliphatic rings. The van der Waals surface area contributed by atoms with Gasteiger partial charge in [-0.3, -0.25) is 0 Å². The van der Waals surface area contributed by atoms with Crippen LogP contribution in [0, 0.1) is 11.3 Å². The molecule has 0 fully saturated rings. The molecule has 1 N–H and O–H groups in total. The fourth-order valence-corrected chi connectivity index (χ4v) is 1.52. The van der Waals surface area contributed by atoms with Crippen LogP contribution in [0.2, 0.25) is 0 Å². The maximum atomic E-state index is 11.0. The van der Waals surface area contributed by atoms with E-state index in [2.05, 4.69) is 5.32 Å². The summed E-state index contributed by atoms with van der Waals surface area (Å²) in [6.07, 6.45) is 0. The van der Waals surface area contributed by atoms with Gasteiger partial charge in [-0.15, -0.1) is 0 Å². The lowest BCUT2D eigenvalue weighted by molar-refractivity contribution is -0.148. The molecule has 0 radical (unpaired) electrons. The summed E-state index contributed by atoms with van der Waals surface area (Å²) in [6.45, 7) is 2.92. The zero-order valence-electron chi connectivity index (χ0n) is 11.6. The van der Waals surface area contributed by atoms with Gasteiger partial charge in [0.1, 0.15) is 12.4 Å². The van der Waals surface area contributed by atoms with Gasteiger partial charge in [0.05, 0.1) is 37.6 Å². The molecule has 0 aromatic heterocycles. The van der Waals surface area contributed by atoms with E-state index >= 15 is 0 Å². The highest BCUT2D eigenvalue weighted by molar-refractivity contribution is 5.70. The molecular formula is C14H18N2O4. The number of nitriles is 1. The lowest BCUT2D eigenvalue weighted by atomic mass is 10.2. The van der Waals surface area contributed by atoms with Crippen molar-refractivity contribution in [2.24, 2.45) is 0 Å². The standard InChI is InChI=1S/C14H18N2O4/c1-3-20-14(17)10-19-7-6-16-12-5-4-11(9-15)8-13(12)18-2/h4-5,8,16H,3,6-7,10H2,1-2H3. The fraction of sp³-hybridized carbons (Fsp3) is 0.429. The van der Waals surface area contributed by atoms with Crippen LogP contribution in [0.5, 0.6) is 5.75 Å². The molecule has 0 aliphatic carbocycles. The first-order valence-electron chi connectivity index (χ1n) is 6.26. The molecule has 20 heavy (non-hydrogen) atoms. The summed E-state index contributed by atoms with van der Waals surface area (Å²) in [6, 6.07) is 7.17. The monoisotopic (exact) mass is 278 g/mol. The van der Waals surface area contributed by atoms with E-state index in [-0.39, 0.29) is 12.6 Å². The summed E-state index contributed by atoms with van der Waals surface area (Å²) in [5, 5.41) is 11.9. The number of nitrogens with zero attached hydrogens (tertiary/aromatic N) is 1. The van der Waals surface area contributed by atoms with Crippen molar-refractivity contribution in [3.63, 3.8) is 0 Å². The Morgan fingerprint density at radius 2 is 2.25 bits per heavy atom. The second kappa shape index (κ2) is 8.77. The predicted octanol–water partition coefficient (Wildman–Crippen LogP) is 1.56. The van der Waals surface area contributed by atoms with Crippen LogP contribution >= 0.6 is 0 Å². The van der Waals surface area contributed by atoms with Gasteiger partial charge in [-0.25, -0.2) is 4.79 Å². The average Bonchev–Trinajstić information content (AvgIpc) is 2.47. The van der Waals surface area contributed by atoms with Crippen LogP contribution in [0.3, 0.4) is 0 Å². The molecule has 6 nitrogen and oxygen atoms in total. The number of nitrogens with one attached hydrogen (secondary N) is 1. The van der Waals surface area contributed by atoms with Gasteiger partial charge in [0.2, 0.25) is 0 Å². The van der Waals surface area contributed by atoms with Crippen LogP contribution in [0.25, 0.3) is 0 Å². The van der Waals surface area contributed by atoms with Gasteiger partial charge in [0.15, 0.2) is 0 Å². The Labute approximate surface area is 118 Å². The first-order valence-corrected chi connectivity index (χ1v) is 6.26. The lowest BCUT2D eigenvalue weighted by Gasteiger charge is -2.11. The number of hydrogen-bond acceptors (Lipinski definition) is 6. The molecule has 108 valence electrons. The quantitative estimate of drug-likeness (QED) is 0.574. The molecule has 0 heterocycles. The molecule has 0 atom stereocenters. The predicted molar refractivity (Wildman–Crippen MR) is 73.7 cm³/mol. The summed E-state index contributed by atoms with van der Waals surface area (Å²) >= 11 is 0. The highest BCUT2D eigenvalue weighted by atomic mass is 16.6. The third-order valence-electron chi connectivity index (χ3n) is 2.42. The molecule has 0 spiro atoms. The van der Waals surface area contributed by atoms with E-state index in [0.717, 1.165) is 5.69 Å². The Morgan fingerprint density at radius 1 is 1.45 bits per heavy atom. The normalized spacial score (nSPS) is 9.65. The van der Waals surface area contributed by atoms with Crippen LogP contribution in [-0.2, 0) is 14.3 Å². The van der Waals surface area contributed by atoms with Crippen molar-refractivity contribution in [2.45, 2.75) is 6.92 Å². The number of carbonyl (C=O) groups is 1. The molecule has 1 rings (SSSR count). The van der Waals surface area contributed by atoms with Gasteiger partial charge in [-0.2, -0.15) is 5.26 Å². The van der Waals surface area contributed by atoms with E-state index < -0.39 is 0 Å². The van der Waals surface area contributed by atoms with Crippen molar-refractivity contribution in [1.82, 2.24) is 0 Å². The van der Waals surface area contributed by atoms with E-state index in [1.54, 1.807) is 32.2 Å². The Morgan fingerprint density at radius 3 is 2.90 bits per heavy atom. The Balaban J connectivity index is 2.35. The molecule has 1 aromatic carbocycles. The van der Waals surface area contributed by atoms with Gasteiger partial charge >= 0.3 is 5.97 Å². The van der Waals surface area contributed by atoms with Crippen LogP contribution in [0.1, 0.15) is 12.5 Å². The summed E-state index contributed by atoms with van der Waals surface area (Å²) < 4.78 is 15.1. The number of benzene rings is 1. The molecule has 1 aromatic rings. The van der Waals surface area contributed by atoms with Crippen molar-refractivity contribution in [3.05, 3.63) is 23.8 Å². The highest BCUT2D eigenvalue weighted by Crippen LogP contribution is 2.24. The second-order valence-electron chi connectivity index (χ2n) is 3.81. The number of methoxy groups -OCH3 is 1. The van der Waals surface area contributed by atoms with E-state index in [1.165, 1.54) is 0 Å². The van der Waals surface area contributed by atoms with Crippen molar-refractivity contribution in [2.75, 3.05) is 38.8 Å². The summed E-state index contributed by atoms with van der Waals surface area (Å²) in [7, 11) is 1.54. The van der Waals surface area contributed by atoms with Crippen LogP contribution in [0.4, 0.5) is 5.69 Å². The number of rotatable bonds is 8. The third kappa shape index (κ3) is 5.16. The summed E-state index contributed by atoms with van der Waals surface area (Å²) in [5.74, 6) is 0.220. The molecule has 0 amide bonds. The molecule has 0 bridgehead atoms. The number of anilines is 1. The SMILES string of the molecule is CCOC(=O)COCCNc1ccc(C#N)cc1OC. The van der Waals surface area contributed by atoms with Gasteiger partial charge in [-0.05, 0) is 19.1 Å². The molecule has 6 heteroatoms. The minimum absolute atomic E-state index is 0.0555. The Hall–Kier alpha value is -2.26. The minimum atomic E-state index is -0.372. The van der Waals surface area contributed by atoms with Crippen molar-refractivity contribution < 1.29 is 19.0 Å². The first kappa shape index (κ1) is 15.8. The van der Waals surface area contributed by atoms with Crippen LogP contribution in [-0.4, -0.2) is 39.4 Å². The number of hydrogen-bond donors (Lipinski definition) is 1. The molecule has 0 aliphatic heterocycles. The first-order chi connectivity index (χ1) is 9.71. The molecule has 0 saturated carbocycles. The Bertz CT molecular complexity index is 483. The Kier molecular flexibility index (Phi) is 6.93. The van der Waals surface area contributed by atoms with Crippen LogP contribution < -0.4 is 10.1 Å². The average molecular weight is 278 g/mol. The smallest absolute Gasteiger partial charge is 0.332 e. The zero-order chi connectivity index (χ0) is 14.8. The van der Waals surface area contributed by atoms with E-state index in [9.17, 15) is 4.79 Å². The topological polar surface area (TPSA) is 80.6 Å². The van der Waals surface area contributed by atoms with E-state index in [0.29, 0.717) is 31.1 Å². The van der Waals surface area contributed by atoms with Crippen molar-refractivity contribution in [3.8, 4) is 11.8 Å². The van der Waals surface area contributed by atoms with Gasteiger partial charge < -0.3 is 19.5 Å². The van der Waals surface area contributed by atoms with Gasteiger partial charge in [0.25, 0.3) is 0 Å². The van der Waals surface area contributed by atoms with Gasteiger partial charge in [0, 0.05) is 12.6 Å². The minimum Gasteiger partial charge on any atom is -0.495 e. The maximum absolute atomic E-state index is 11.0. The van der Waals surface area contributed by atoms with E-state index in [1.807, 2.05) is 6.07 Å². The third-order valence-corrected chi connectivity index (χ3v) is 2.42. The second-order valence-corrected chi connectivity index (χ2v) is 3.81. The van der Waals surface area contributed by atoms with Gasteiger partial charge in [-0.1, -0.05) is 0 Å². The zero-order valence-corrected chi connectivity index (χ0v) is 11.6. The maximum Gasteiger partial charge on any atom is 0.332 e. The number of ether oxygens (including phenoxy) is 3. The lowest BCUT2D eigenvalue weighted by Crippen LogP contribution is -2.16.